The third kappa shape index (κ3) is 2.09. The Morgan fingerprint density at radius 3 is 2.75 bits per heavy atom. The fourth-order valence-corrected chi connectivity index (χ4v) is 2.35. The van der Waals surface area contributed by atoms with Gasteiger partial charge in [0.15, 0.2) is 5.65 Å². The molecule has 0 saturated carbocycles. The van der Waals surface area contributed by atoms with E-state index >= 15 is 0 Å². The highest BCUT2D eigenvalue weighted by Crippen LogP contribution is 2.22. The van der Waals surface area contributed by atoms with E-state index in [0.717, 1.165) is 0 Å². The normalized spacial score (nSPS) is 10.7. The molecule has 0 spiro atoms. The van der Waals surface area contributed by atoms with Crippen LogP contribution in [0.2, 0.25) is 10.2 Å². The third-order valence-corrected chi connectivity index (χ3v) is 3.17. The summed E-state index contributed by atoms with van der Waals surface area (Å²) in [7, 11) is 0. The van der Waals surface area contributed by atoms with Crippen molar-refractivity contribution in [2.24, 2.45) is 0 Å². The molecule has 3 rings (SSSR count). The molecule has 7 heteroatoms. The van der Waals surface area contributed by atoms with E-state index in [-0.39, 0.29) is 5.15 Å². The first-order chi connectivity index (χ1) is 9.58. The van der Waals surface area contributed by atoms with Gasteiger partial charge < -0.3 is 0 Å². The van der Waals surface area contributed by atoms with E-state index < -0.39 is 0 Å². The number of rotatable bonds is 1. The van der Waals surface area contributed by atoms with Gasteiger partial charge in [0.2, 0.25) is 0 Å². The van der Waals surface area contributed by atoms with Gasteiger partial charge >= 0.3 is 0 Å². The first kappa shape index (κ1) is 12.9. The largest absolute Gasteiger partial charge is 0.264 e. The molecule has 0 aliphatic rings. The van der Waals surface area contributed by atoms with Crippen molar-refractivity contribution >= 4 is 34.4 Å². The molecule has 0 amide bonds. The molecule has 0 fully saturated rings. The molecule has 0 radical (unpaired) electrons. The van der Waals surface area contributed by atoms with Crippen LogP contribution >= 0.6 is 23.2 Å². The smallest absolute Gasteiger partial charge is 0.165 e. The average molecular weight is 304 g/mol. The van der Waals surface area contributed by atoms with Crippen molar-refractivity contribution in [2.45, 2.75) is 6.92 Å². The highest BCUT2D eigenvalue weighted by atomic mass is 35.5. The third-order valence-electron chi connectivity index (χ3n) is 2.77. The number of fused-ring (bicyclic) bond motifs is 1. The zero-order valence-corrected chi connectivity index (χ0v) is 11.8. The lowest BCUT2D eigenvalue weighted by atomic mass is 10.3. The monoisotopic (exact) mass is 303 g/mol. The molecular formula is C13H7Cl2N5. The Morgan fingerprint density at radius 2 is 2.00 bits per heavy atom. The van der Waals surface area contributed by atoms with Crippen molar-refractivity contribution in [3.8, 4) is 11.9 Å². The Bertz CT molecular complexity index is 863. The van der Waals surface area contributed by atoms with Crippen LogP contribution in [0.1, 0.15) is 11.4 Å². The molecule has 0 N–H and O–H groups in total. The number of aryl methyl sites for hydroxylation is 1. The molecule has 0 atom stereocenters. The number of halogens is 2. The first-order valence-electron chi connectivity index (χ1n) is 5.67. The van der Waals surface area contributed by atoms with Crippen LogP contribution in [0.5, 0.6) is 0 Å². The van der Waals surface area contributed by atoms with Crippen LogP contribution in [-0.4, -0.2) is 19.5 Å². The molecular weight excluding hydrogens is 297 g/mol. The number of nitriles is 1. The molecule has 0 aromatic carbocycles. The van der Waals surface area contributed by atoms with E-state index in [4.69, 9.17) is 28.5 Å². The van der Waals surface area contributed by atoms with E-state index in [2.05, 4.69) is 15.0 Å². The van der Waals surface area contributed by atoms with E-state index in [9.17, 15) is 0 Å². The van der Waals surface area contributed by atoms with Crippen molar-refractivity contribution in [1.29, 1.82) is 5.26 Å². The van der Waals surface area contributed by atoms with Crippen LogP contribution < -0.4 is 0 Å². The van der Waals surface area contributed by atoms with Crippen LogP contribution in [0, 0.1) is 18.3 Å². The maximum Gasteiger partial charge on any atom is 0.165 e. The highest BCUT2D eigenvalue weighted by Gasteiger charge is 2.13. The van der Waals surface area contributed by atoms with Crippen molar-refractivity contribution in [2.75, 3.05) is 0 Å². The summed E-state index contributed by atoms with van der Waals surface area (Å²) >= 11 is 11.8. The van der Waals surface area contributed by atoms with Gasteiger partial charge in [-0.1, -0.05) is 23.2 Å². The molecule has 98 valence electrons. The van der Waals surface area contributed by atoms with Gasteiger partial charge in [-0.2, -0.15) is 5.26 Å². The second-order valence-corrected chi connectivity index (χ2v) is 4.96. The molecule has 0 bridgehead atoms. The van der Waals surface area contributed by atoms with Gasteiger partial charge in [0.05, 0.1) is 16.7 Å². The Kier molecular flexibility index (Phi) is 3.05. The molecule has 0 saturated heterocycles. The predicted octanol–water partition coefficient (Wildman–Crippen LogP) is 3.30. The number of nitrogens with zero attached hydrogens (tertiary/aromatic N) is 5. The van der Waals surface area contributed by atoms with Gasteiger partial charge in [-0.25, -0.2) is 15.0 Å². The quantitative estimate of drug-likeness (QED) is 0.647. The fraction of sp³-hybridized carbons (Fsp3) is 0.0769. The Hall–Kier alpha value is -2.16. The van der Waals surface area contributed by atoms with Crippen molar-refractivity contribution in [1.82, 2.24) is 19.5 Å². The summed E-state index contributed by atoms with van der Waals surface area (Å²) in [4.78, 5) is 12.9. The van der Waals surface area contributed by atoms with Crippen LogP contribution in [0.3, 0.4) is 0 Å². The molecule has 3 aromatic rings. The van der Waals surface area contributed by atoms with Gasteiger partial charge in [-0.15, -0.1) is 0 Å². The number of pyridine rings is 2. The summed E-state index contributed by atoms with van der Waals surface area (Å²) in [6.45, 7) is 1.82. The lowest BCUT2D eigenvalue weighted by Crippen LogP contribution is -2.01. The maximum absolute atomic E-state index is 9.01. The van der Waals surface area contributed by atoms with Crippen LogP contribution in [-0.2, 0) is 0 Å². The summed E-state index contributed by atoms with van der Waals surface area (Å²) in [5.74, 6) is 1.19. The van der Waals surface area contributed by atoms with Gasteiger partial charge in [-0.05, 0) is 25.1 Å². The van der Waals surface area contributed by atoms with Crippen molar-refractivity contribution in [3.63, 3.8) is 0 Å². The molecule has 0 aliphatic carbocycles. The minimum Gasteiger partial charge on any atom is -0.264 e. The number of aromatic nitrogens is 4. The van der Waals surface area contributed by atoms with E-state index in [1.807, 2.05) is 13.0 Å². The Morgan fingerprint density at radius 1 is 1.20 bits per heavy atom. The van der Waals surface area contributed by atoms with Crippen LogP contribution in [0.15, 0.2) is 24.4 Å². The maximum atomic E-state index is 9.01. The molecule has 0 unspecified atom stereocenters. The van der Waals surface area contributed by atoms with Gasteiger partial charge in [0, 0.05) is 6.20 Å². The topological polar surface area (TPSA) is 67.4 Å². The van der Waals surface area contributed by atoms with E-state index in [1.54, 1.807) is 16.7 Å². The number of hydrogen-bond acceptors (Lipinski definition) is 4. The summed E-state index contributed by atoms with van der Waals surface area (Å²) < 4.78 is 1.73. The minimum absolute atomic E-state index is 0.245. The average Bonchev–Trinajstić information content (AvgIpc) is 2.72. The van der Waals surface area contributed by atoms with E-state index in [1.165, 1.54) is 12.3 Å². The summed E-state index contributed by atoms with van der Waals surface area (Å²) in [6.07, 6.45) is 1.54. The lowest BCUT2D eigenvalue weighted by Gasteiger charge is -2.06. The zero-order valence-electron chi connectivity index (χ0n) is 10.3. The molecule has 0 aliphatic heterocycles. The molecule has 20 heavy (non-hydrogen) atoms. The first-order valence-corrected chi connectivity index (χ1v) is 6.43. The highest BCUT2D eigenvalue weighted by molar-refractivity contribution is 6.31. The predicted molar refractivity (Wildman–Crippen MR) is 76.1 cm³/mol. The standard InChI is InChI=1S/C13H7Cl2N5/c1-7-18-10-4-9(14)6-17-13(10)20(7)12-3-8(5-16)2-11(15)19-12/h2-4,6H,1H3. The van der Waals surface area contributed by atoms with Gasteiger partial charge in [0.25, 0.3) is 0 Å². The minimum atomic E-state index is 0.245. The SMILES string of the molecule is Cc1nc2cc(Cl)cnc2n1-c1cc(C#N)cc(Cl)n1. The fourth-order valence-electron chi connectivity index (χ4n) is 1.99. The zero-order chi connectivity index (χ0) is 14.3. The summed E-state index contributed by atoms with van der Waals surface area (Å²) in [6, 6.07) is 6.91. The van der Waals surface area contributed by atoms with Crippen molar-refractivity contribution < 1.29 is 0 Å². The molecule has 5 nitrogen and oxygen atoms in total. The Balaban J connectivity index is 2.32. The van der Waals surface area contributed by atoms with Crippen LogP contribution in [0.25, 0.3) is 17.0 Å². The molecule has 3 heterocycles. The van der Waals surface area contributed by atoms with Crippen LogP contribution in [0.4, 0.5) is 0 Å². The second-order valence-electron chi connectivity index (χ2n) is 4.14. The van der Waals surface area contributed by atoms with Gasteiger partial charge in [0.1, 0.15) is 22.3 Å². The van der Waals surface area contributed by atoms with E-state index in [0.29, 0.717) is 33.4 Å². The van der Waals surface area contributed by atoms with Gasteiger partial charge in [-0.3, -0.25) is 4.57 Å². The lowest BCUT2D eigenvalue weighted by molar-refractivity contribution is 0.944. The number of hydrogen-bond donors (Lipinski definition) is 0. The molecule has 3 aromatic heterocycles. The Labute approximate surface area is 124 Å². The summed E-state index contributed by atoms with van der Waals surface area (Å²) in [5.41, 5.74) is 1.70. The summed E-state index contributed by atoms with van der Waals surface area (Å²) in [5, 5.41) is 9.77. The van der Waals surface area contributed by atoms with Crippen molar-refractivity contribution in [3.05, 3.63) is 46.0 Å². The second kappa shape index (κ2) is 4.75. The number of imidazole rings is 1.